The number of amidine groups is 1. The number of nitrogens with one attached hydrogen (secondary N) is 4. The molecule has 4 N–H and O–H groups in total. The van der Waals surface area contributed by atoms with Gasteiger partial charge in [-0.25, -0.2) is 4.79 Å². The molecule has 0 amide bonds. The molecule has 2 aromatic rings. The predicted molar refractivity (Wildman–Crippen MR) is 119 cm³/mol. The van der Waals surface area contributed by atoms with Gasteiger partial charge >= 0.3 is 25.4 Å². The molecule has 1 saturated heterocycles. The summed E-state index contributed by atoms with van der Waals surface area (Å²) in [6.45, 7) is 3.80. The summed E-state index contributed by atoms with van der Waals surface area (Å²) < 4.78 is 4.91. The third-order valence-corrected chi connectivity index (χ3v) is 5.12. The average Bonchev–Trinajstić information content (AvgIpc) is 2.73. The molecular weight excluding hydrogens is 489 g/mol. The molecule has 9 heteroatoms. The molecule has 0 radical (unpaired) electrons. The Balaban J connectivity index is 0.00000300. The second-order valence-electron chi connectivity index (χ2n) is 7.19. The van der Waals surface area contributed by atoms with Gasteiger partial charge in [0.2, 0.25) is 0 Å². The van der Waals surface area contributed by atoms with Crippen LogP contribution in [-0.4, -0.2) is 38.5 Å². The van der Waals surface area contributed by atoms with E-state index in [1.54, 1.807) is 18.2 Å². The quantitative estimate of drug-likeness (QED) is 0.222. The molecule has 6 nitrogen and oxygen atoms in total. The first-order chi connectivity index (χ1) is 13.6. The fourth-order valence-corrected chi connectivity index (χ4v) is 3.56. The second kappa shape index (κ2) is 14.5. The number of methoxy groups -OCH3 is 1. The van der Waals surface area contributed by atoms with Crippen LogP contribution >= 0.6 is 12.4 Å². The van der Waals surface area contributed by atoms with Crippen molar-refractivity contribution in [2.24, 2.45) is 5.92 Å². The Morgan fingerprint density at radius 2 is 1.84 bits per heavy atom. The summed E-state index contributed by atoms with van der Waals surface area (Å²) in [4.78, 5) is 12.1. The van der Waals surface area contributed by atoms with Crippen molar-refractivity contribution in [2.45, 2.75) is 19.4 Å². The van der Waals surface area contributed by atoms with Crippen molar-refractivity contribution in [1.82, 2.24) is 10.6 Å². The molecule has 164 valence electrons. The number of hydrogen-bond acceptors (Lipinski definition) is 5. The maximum Gasteiger partial charge on any atom is 2.00 e. The van der Waals surface area contributed by atoms with E-state index < -0.39 is 0 Å². The van der Waals surface area contributed by atoms with Crippen LogP contribution in [0.5, 0.6) is 0 Å². The summed E-state index contributed by atoms with van der Waals surface area (Å²) >= 11 is 0. The van der Waals surface area contributed by atoms with E-state index in [0.29, 0.717) is 23.6 Å². The first kappa shape index (κ1) is 29.5. The van der Waals surface area contributed by atoms with Gasteiger partial charge in [-0.2, -0.15) is 0 Å². The molecule has 0 atom stereocenters. The van der Waals surface area contributed by atoms with Gasteiger partial charge in [0.05, 0.1) is 12.7 Å². The number of piperidine rings is 1. The van der Waals surface area contributed by atoms with Crippen LogP contribution in [-0.2, 0) is 30.8 Å². The first-order valence-electron chi connectivity index (χ1n) is 9.61. The number of halogens is 2. The third kappa shape index (κ3) is 8.51. The summed E-state index contributed by atoms with van der Waals surface area (Å²) in [6, 6.07) is 13.0. The average molecular weight is 517 g/mol. The molecule has 0 aliphatic carbocycles. The summed E-state index contributed by atoms with van der Waals surface area (Å²) in [6.07, 6.45) is 2.37. The maximum absolute atomic E-state index is 12.1. The van der Waals surface area contributed by atoms with E-state index in [4.69, 9.17) is 15.9 Å². The number of esters is 1. The third-order valence-electron chi connectivity index (χ3n) is 5.12. The van der Waals surface area contributed by atoms with E-state index in [-0.39, 0.29) is 56.1 Å². The fraction of sp³-hybridized carbons (Fsp3) is 0.364. The Hall–Kier alpha value is -1.50. The van der Waals surface area contributed by atoms with Crippen LogP contribution in [0.3, 0.4) is 0 Å². The van der Waals surface area contributed by atoms with E-state index in [1.165, 1.54) is 20.0 Å². The largest absolute Gasteiger partial charge is 2.00 e. The molecule has 3 rings (SSSR count). The maximum atomic E-state index is 12.1. The number of hydrogen-bond donors (Lipinski definition) is 3. The van der Waals surface area contributed by atoms with Gasteiger partial charge in [-0.1, -0.05) is 24.0 Å². The van der Waals surface area contributed by atoms with Gasteiger partial charge in [0, 0.05) is 6.54 Å². The van der Waals surface area contributed by atoms with Gasteiger partial charge in [0.25, 0.3) is 0 Å². The molecule has 31 heavy (non-hydrogen) atoms. The Morgan fingerprint density at radius 3 is 2.48 bits per heavy atom. The number of ether oxygens (including phenoxy) is 1. The van der Waals surface area contributed by atoms with E-state index in [2.05, 4.69) is 16.7 Å². The predicted octanol–water partition coefficient (Wildman–Crippen LogP) is 1.03. The number of carbonyl (C=O) groups is 1. The van der Waals surface area contributed by atoms with Crippen LogP contribution in [0.25, 0.3) is 16.9 Å². The van der Waals surface area contributed by atoms with Gasteiger partial charge in [-0.3, -0.25) is 0 Å². The first-order valence-corrected chi connectivity index (χ1v) is 9.61. The summed E-state index contributed by atoms with van der Waals surface area (Å²) in [5, 5.41) is 14.4. The zero-order valence-corrected chi connectivity index (χ0v) is 22.2. The smallest absolute Gasteiger partial charge is 1.00 e. The van der Waals surface area contributed by atoms with Crippen molar-refractivity contribution in [3.05, 3.63) is 64.9 Å². The Labute approximate surface area is 209 Å². The Kier molecular flexibility index (Phi) is 13.8. The van der Waals surface area contributed by atoms with Gasteiger partial charge in [0.15, 0.2) is 0 Å². The van der Waals surface area contributed by atoms with Crippen LogP contribution in [0.15, 0.2) is 42.5 Å². The number of rotatable bonds is 7. The van der Waals surface area contributed by atoms with Crippen molar-refractivity contribution < 1.29 is 41.4 Å². The van der Waals surface area contributed by atoms with Crippen molar-refractivity contribution in [2.75, 3.05) is 26.7 Å². The molecule has 0 bridgehead atoms. The minimum absolute atomic E-state index is 0. The van der Waals surface area contributed by atoms with Gasteiger partial charge in [-0.05, 0) is 84.9 Å². The molecule has 1 aliphatic rings. The van der Waals surface area contributed by atoms with Gasteiger partial charge in [-0.15, -0.1) is 12.4 Å². The second-order valence-corrected chi connectivity index (χ2v) is 7.19. The van der Waals surface area contributed by atoms with Crippen molar-refractivity contribution in [1.29, 1.82) is 5.41 Å². The van der Waals surface area contributed by atoms with Crippen LogP contribution in [0.2, 0.25) is 0 Å². The van der Waals surface area contributed by atoms with Gasteiger partial charge < -0.3 is 38.9 Å². The van der Waals surface area contributed by atoms with E-state index in [9.17, 15) is 4.79 Å². The Morgan fingerprint density at radius 1 is 1.16 bits per heavy atom. The van der Waals surface area contributed by atoms with E-state index in [0.717, 1.165) is 36.3 Å². The molecule has 0 unspecified atom stereocenters. The number of benzene rings is 2. The molecule has 1 heterocycles. The van der Waals surface area contributed by atoms with E-state index >= 15 is 0 Å². The fourth-order valence-electron chi connectivity index (χ4n) is 3.56. The van der Waals surface area contributed by atoms with Crippen molar-refractivity contribution >= 4 is 24.2 Å². The zero-order valence-electron chi connectivity index (χ0n) is 17.7. The van der Waals surface area contributed by atoms with Crippen LogP contribution in [0.4, 0.5) is 0 Å². The van der Waals surface area contributed by atoms with Crippen LogP contribution in [0.1, 0.15) is 34.3 Å². The van der Waals surface area contributed by atoms with Crippen molar-refractivity contribution in [3.8, 4) is 11.1 Å². The molecule has 2 aromatic carbocycles. The normalized spacial score (nSPS) is 13.2. The molecule has 0 saturated carbocycles. The Bertz CT molecular complexity index is 861. The minimum Gasteiger partial charge on any atom is -1.00 e. The van der Waals surface area contributed by atoms with Crippen LogP contribution in [0, 0.1) is 11.3 Å². The SMILES string of the molecule is COC(=O)c1cc(CNCC2CCNCC2)cc(-c2cccc(C(=N)[NH-])c2)c1.Cl.[Cl-].[Zn+2]. The summed E-state index contributed by atoms with van der Waals surface area (Å²) in [7, 11) is 1.38. The molecule has 1 fully saturated rings. The molecule has 1 aliphatic heterocycles. The van der Waals surface area contributed by atoms with Crippen LogP contribution < -0.4 is 23.0 Å². The molecule has 0 aromatic heterocycles. The number of carbonyl (C=O) groups excluding carboxylic acids is 1. The minimum atomic E-state index is -0.370. The van der Waals surface area contributed by atoms with E-state index in [1.807, 2.05) is 18.2 Å². The molecule has 0 spiro atoms. The van der Waals surface area contributed by atoms with Gasteiger partial charge in [0.1, 0.15) is 0 Å². The summed E-state index contributed by atoms with van der Waals surface area (Å²) in [5.74, 6) is 0.0879. The zero-order chi connectivity index (χ0) is 19.9. The topological polar surface area (TPSA) is 98.0 Å². The van der Waals surface area contributed by atoms with Crippen molar-refractivity contribution in [3.63, 3.8) is 0 Å². The molecular formula is C22H28Cl2N4O2Zn. The monoisotopic (exact) mass is 514 g/mol. The summed E-state index contributed by atoms with van der Waals surface area (Å²) in [5.41, 5.74) is 11.4. The standard InChI is InChI=1S/C22H27N4O2.2ClH.Zn/c1-28-22(27)20-10-16(14-26-13-15-5-7-25-8-6-15)9-19(12-20)17-3-2-4-18(11-17)21(23)24;;;/h2-4,9-12,15,25-26H,5-8,13-14H2,1H3,(H2-,23,24);2*1H;/q-1;;;+2/p-1.